The first-order valence-electron chi connectivity index (χ1n) is 8.83. The van der Waals surface area contributed by atoms with Crippen LogP contribution in [0.4, 0.5) is 5.69 Å². The van der Waals surface area contributed by atoms with E-state index in [2.05, 4.69) is 10.2 Å². The fourth-order valence-corrected chi connectivity index (χ4v) is 2.82. The van der Waals surface area contributed by atoms with E-state index in [1.807, 2.05) is 69.3 Å². The molecule has 0 atom stereocenters. The normalized spacial score (nSPS) is 10.7. The fourth-order valence-electron chi connectivity index (χ4n) is 2.82. The van der Waals surface area contributed by atoms with E-state index in [1.54, 1.807) is 4.90 Å². The molecule has 1 aromatic heterocycles. The third-order valence-corrected chi connectivity index (χ3v) is 4.25. The summed E-state index contributed by atoms with van der Waals surface area (Å²) in [6, 6.07) is 15.9. The summed E-state index contributed by atoms with van der Waals surface area (Å²) >= 11 is 0. The number of carbonyl (C=O) groups excluding carboxylic acids is 1. The third-order valence-electron chi connectivity index (χ3n) is 4.25. The van der Waals surface area contributed by atoms with Gasteiger partial charge < -0.3 is 9.32 Å². The molecule has 0 bridgehead atoms. The molecule has 3 rings (SSSR count). The van der Waals surface area contributed by atoms with Crippen molar-refractivity contribution in [3.05, 3.63) is 65.5 Å². The molecule has 5 nitrogen and oxygen atoms in total. The summed E-state index contributed by atoms with van der Waals surface area (Å²) in [5.41, 5.74) is 4.11. The molecule has 0 saturated carbocycles. The lowest BCUT2D eigenvalue weighted by molar-refractivity contribution is -0.118. The molecule has 1 amide bonds. The maximum Gasteiger partial charge on any atom is 0.247 e. The second kappa shape index (κ2) is 7.95. The van der Waals surface area contributed by atoms with Gasteiger partial charge in [-0.15, -0.1) is 10.2 Å². The van der Waals surface area contributed by atoms with Crippen LogP contribution in [0.3, 0.4) is 0 Å². The van der Waals surface area contributed by atoms with Gasteiger partial charge in [-0.25, -0.2) is 0 Å². The van der Waals surface area contributed by atoms with Crippen LogP contribution < -0.4 is 4.90 Å². The predicted octanol–water partition coefficient (Wildman–Crippen LogP) is 4.34. The van der Waals surface area contributed by atoms with Crippen LogP contribution in [-0.4, -0.2) is 22.6 Å². The molecule has 134 valence electrons. The highest BCUT2D eigenvalue weighted by Gasteiger charge is 2.16. The van der Waals surface area contributed by atoms with Gasteiger partial charge in [0.05, 0.1) is 0 Å². The second-order valence-electron chi connectivity index (χ2n) is 6.34. The summed E-state index contributed by atoms with van der Waals surface area (Å²) in [7, 11) is 0. The van der Waals surface area contributed by atoms with E-state index in [9.17, 15) is 4.79 Å². The molecule has 26 heavy (non-hydrogen) atoms. The smallest absolute Gasteiger partial charge is 0.247 e. The number of hydrogen-bond donors (Lipinski definition) is 0. The zero-order chi connectivity index (χ0) is 18.5. The van der Waals surface area contributed by atoms with E-state index in [-0.39, 0.29) is 5.91 Å². The summed E-state index contributed by atoms with van der Waals surface area (Å²) in [6.45, 7) is 6.65. The van der Waals surface area contributed by atoms with Crippen LogP contribution in [0, 0.1) is 13.8 Å². The Morgan fingerprint density at radius 3 is 2.50 bits per heavy atom. The summed E-state index contributed by atoms with van der Waals surface area (Å²) in [5.74, 6) is 1.01. The molecular weight excluding hydrogens is 326 g/mol. The molecule has 0 radical (unpaired) electrons. The number of carbonyl (C=O) groups is 1. The van der Waals surface area contributed by atoms with Gasteiger partial charge in [-0.1, -0.05) is 29.8 Å². The first-order valence-corrected chi connectivity index (χ1v) is 8.83. The zero-order valence-corrected chi connectivity index (χ0v) is 15.4. The number of rotatable bonds is 6. The first-order chi connectivity index (χ1) is 12.6. The lowest BCUT2D eigenvalue weighted by Crippen LogP contribution is -2.30. The molecule has 0 N–H and O–H groups in total. The van der Waals surface area contributed by atoms with Gasteiger partial charge in [-0.3, -0.25) is 4.79 Å². The number of aromatic nitrogens is 2. The topological polar surface area (TPSA) is 59.2 Å². The number of hydrogen-bond acceptors (Lipinski definition) is 4. The van der Waals surface area contributed by atoms with E-state index in [0.717, 1.165) is 16.8 Å². The molecule has 1 heterocycles. The SMILES string of the molecule is CCN(C(=O)CCc1nnc(-c2ccc(C)cc2)o1)c1cccc(C)c1. The van der Waals surface area contributed by atoms with Crippen LogP contribution in [0.15, 0.2) is 52.9 Å². The van der Waals surface area contributed by atoms with Crippen LogP contribution in [0.5, 0.6) is 0 Å². The Morgan fingerprint density at radius 2 is 1.81 bits per heavy atom. The number of benzene rings is 2. The van der Waals surface area contributed by atoms with Crippen LogP contribution >= 0.6 is 0 Å². The Kier molecular flexibility index (Phi) is 5.46. The van der Waals surface area contributed by atoms with E-state index in [1.165, 1.54) is 5.56 Å². The van der Waals surface area contributed by atoms with Crippen molar-refractivity contribution in [1.82, 2.24) is 10.2 Å². The third kappa shape index (κ3) is 4.17. The van der Waals surface area contributed by atoms with Gasteiger partial charge in [0.2, 0.25) is 17.7 Å². The highest BCUT2D eigenvalue weighted by Crippen LogP contribution is 2.20. The molecule has 0 fully saturated rings. The summed E-state index contributed by atoms with van der Waals surface area (Å²) in [4.78, 5) is 14.4. The average molecular weight is 349 g/mol. The number of amides is 1. The quantitative estimate of drug-likeness (QED) is 0.664. The molecule has 2 aromatic carbocycles. The molecule has 0 aliphatic carbocycles. The van der Waals surface area contributed by atoms with Gasteiger partial charge in [0.1, 0.15) is 0 Å². The van der Waals surface area contributed by atoms with E-state index < -0.39 is 0 Å². The minimum Gasteiger partial charge on any atom is -0.421 e. The Balaban J connectivity index is 1.65. The van der Waals surface area contributed by atoms with Crippen LogP contribution in [0.25, 0.3) is 11.5 Å². The minimum absolute atomic E-state index is 0.0492. The largest absolute Gasteiger partial charge is 0.421 e. The summed E-state index contributed by atoms with van der Waals surface area (Å²) < 4.78 is 5.71. The predicted molar refractivity (Wildman–Crippen MR) is 102 cm³/mol. The fraction of sp³-hybridized carbons (Fsp3) is 0.286. The highest BCUT2D eigenvalue weighted by molar-refractivity contribution is 5.93. The van der Waals surface area contributed by atoms with Gasteiger partial charge in [0.25, 0.3) is 0 Å². The van der Waals surface area contributed by atoms with Crippen molar-refractivity contribution in [2.75, 3.05) is 11.4 Å². The average Bonchev–Trinajstić information content (AvgIpc) is 3.10. The monoisotopic (exact) mass is 349 g/mol. The van der Waals surface area contributed by atoms with Crippen LogP contribution in [0.1, 0.15) is 30.4 Å². The Bertz CT molecular complexity index is 884. The van der Waals surface area contributed by atoms with Gasteiger partial charge in [0, 0.05) is 30.6 Å². The van der Waals surface area contributed by atoms with Gasteiger partial charge in [0.15, 0.2) is 0 Å². The Labute approximate surface area is 153 Å². The van der Waals surface area contributed by atoms with Crippen molar-refractivity contribution in [2.45, 2.75) is 33.6 Å². The molecule has 3 aromatic rings. The maximum absolute atomic E-state index is 12.6. The van der Waals surface area contributed by atoms with Crippen LogP contribution in [0.2, 0.25) is 0 Å². The number of nitrogens with zero attached hydrogens (tertiary/aromatic N) is 3. The van der Waals surface area contributed by atoms with Crippen LogP contribution in [-0.2, 0) is 11.2 Å². The standard InChI is InChI=1S/C21H23N3O2/c1-4-24(18-7-5-6-16(3)14-18)20(25)13-12-19-22-23-21(26-19)17-10-8-15(2)9-11-17/h5-11,14H,4,12-13H2,1-3H3. The van der Waals surface area contributed by atoms with Crippen molar-refractivity contribution in [2.24, 2.45) is 0 Å². The van der Waals surface area contributed by atoms with Crippen molar-refractivity contribution >= 4 is 11.6 Å². The minimum atomic E-state index is 0.0492. The highest BCUT2D eigenvalue weighted by atomic mass is 16.4. The zero-order valence-electron chi connectivity index (χ0n) is 15.4. The van der Waals surface area contributed by atoms with Crippen molar-refractivity contribution < 1.29 is 9.21 Å². The van der Waals surface area contributed by atoms with Gasteiger partial charge >= 0.3 is 0 Å². The van der Waals surface area contributed by atoms with E-state index in [0.29, 0.717) is 31.2 Å². The summed E-state index contributed by atoms with van der Waals surface area (Å²) in [5, 5.41) is 8.16. The summed E-state index contributed by atoms with van der Waals surface area (Å²) in [6.07, 6.45) is 0.761. The lowest BCUT2D eigenvalue weighted by atomic mass is 10.1. The molecular formula is C21H23N3O2. The molecule has 0 spiro atoms. The molecule has 0 aliphatic rings. The molecule has 5 heteroatoms. The Hall–Kier alpha value is -2.95. The molecule has 0 aliphatic heterocycles. The molecule has 0 unspecified atom stereocenters. The van der Waals surface area contributed by atoms with Gasteiger partial charge in [-0.2, -0.15) is 0 Å². The number of anilines is 1. The Morgan fingerprint density at radius 1 is 1.04 bits per heavy atom. The van der Waals surface area contributed by atoms with Crippen molar-refractivity contribution in [1.29, 1.82) is 0 Å². The molecule has 0 saturated heterocycles. The first kappa shape index (κ1) is 17.9. The van der Waals surface area contributed by atoms with E-state index in [4.69, 9.17) is 4.42 Å². The number of aryl methyl sites for hydroxylation is 3. The van der Waals surface area contributed by atoms with Crippen molar-refractivity contribution in [3.8, 4) is 11.5 Å². The van der Waals surface area contributed by atoms with Crippen molar-refractivity contribution in [3.63, 3.8) is 0 Å². The van der Waals surface area contributed by atoms with E-state index >= 15 is 0 Å². The van der Waals surface area contributed by atoms with Gasteiger partial charge in [-0.05, 0) is 50.6 Å². The lowest BCUT2D eigenvalue weighted by Gasteiger charge is -2.21. The second-order valence-corrected chi connectivity index (χ2v) is 6.34. The maximum atomic E-state index is 12.6.